The van der Waals surface area contributed by atoms with Crippen molar-refractivity contribution in [2.45, 2.75) is 70.8 Å². The number of hydrogen-bond acceptors (Lipinski definition) is 4. The van der Waals surface area contributed by atoms with Crippen molar-refractivity contribution in [3.63, 3.8) is 0 Å². The van der Waals surface area contributed by atoms with Gasteiger partial charge in [-0.25, -0.2) is 4.68 Å². The van der Waals surface area contributed by atoms with Crippen molar-refractivity contribution in [2.75, 3.05) is 20.1 Å². The fourth-order valence-corrected chi connectivity index (χ4v) is 4.69. The predicted octanol–water partition coefficient (Wildman–Crippen LogP) is 1.87. The Hall–Kier alpha value is -1.92. The van der Waals surface area contributed by atoms with Gasteiger partial charge >= 0.3 is 0 Å². The van der Waals surface area contributed by atoms with Crippen LogP contribution in [0.3, 0.4) is 0 Å². The molecule has 0 saturated heterocycles. The molecule has 0 aliphatic heterocycles. The second-order valence-corrected chi connectivity index (χ2v) is 8.15. The van der Waals surface area contributed by atoms with Crippen molar-refractivity contribution < 1.29 is 9.59 Å². The van der Waals surface area contributed by atoms with Gasteiger partial charge in [-0.3, -0.25) is 9.59 Å². The third-order valence-corrected chi connectivity index (χ3v) is 6.23. The number of carbonyl (C=O) groups excluding carboxylic acids is 2. The highest BCUT2D eigenvalue weighted by atomic mass is 16.2. The van der Waals surface area contributed by atoms with Gasteiger partial charge in [0.15, 0.2) is 0 Å². The molecule has 2 aliphatic rings. The molecule has 0 aromatic carbocycles. The Balaban J connectivity index is 1.65. The Morgan fingerprint density at radius 2 is 2.04 bits per heavy atom. The number of nitrogens with one attached hydrogen (secondary N) is 1. The summed E-state index contributed by atoms with van der Waals surface area (Å²) in [6, 6.07) is 0. The molecular formula is C19H31N5O2. The van der Waals surface area contributed by atoms with Crippen LogP contribution < -0.4 is 5.32 Å². The molecule has 2 amide bonds. The molecule has 1 aromatic rings. The summed E-state index contributed by atoms with van der Waals surface area (Å²) in [5.74, 6) is 0.286. The van der Waals surface area contributed by atoms with Gasteiger partial charge < -0.3 is 10.2 Å². The van der Waals surface area contributed by atoms with Gasteiger partial charge in [0.1, 0.15) is 0 Å². The van der Waals surface area contributed by atoms with Crippen molar-refractivity contribution in [3.05, 3.63) is 11.9 Å². The molecule has 0 unspecified atom stereocenters. The van der Waals surface area contributed by atoms with E-state index in [9.17, 15) is 9.59 Å². The monoisotopic (exact) mass is 361 g/mol. The maximum Gasteiger partial charge on any atom is 0.228 e. The molecule has 1 aromatic heterocycles. The number of carbonyl (C=O) groups is 2. The van der Waals surface area contributed by atoms with Crippen molar-refractivity contribution >= 4 is 11.8 Å². The molecule has 2 saturated carbocycles. The second kappa shape index (κ2) is 7.37. The van der Waals surface area contributed by atoms with E-state index in [1.165, 1.54) is 6.92 Å². The fourth-order valence-electron chi connectivity index (χ4n) is 4.69. The standard InChI is InChI=1S/C19H31N5O2/c1-4-5-12-23(3)17(26)18-7-9-19(14-18,10-8-18)24-13-16(21-22-24)6-11-20-15(2)25/h13H,4-12,14H2,1-3H3,(H,20,25). The lowest BCUT2D eigenvalue weighted by Gasteiger charge is -2.30. The summed E-state index contributed by atoms with van der Waals surface area (Å²) < 4.78 is 2.00. The lowest BCUT2D eigenvalue weighted by molar-refractivity contribution is -0.140. The van der Waals surface area contributed by atoms with E-state index in [0.717, 1.165) is 57.2 Å². The maximum atomic E-state index is 13.1. The Morgan fingerprint density at radius 3 is 2.69 bits per heavy atom. The van der Waals surface area contributed by atoms with Crippen LogP contribution >= 0.6 is 0 Å². The van der Waals surface area contributed by atoms with E-state index in [1.807, 2.05) is 22.8 Å². The van der Waals surface area contributed by atoms with Gasteiger partial charge in [-0.1, -0.05) is 18.6 Å². The van der Waals surface area contributed by atoms with Crippen LogP contribution in [-0.2, 0) is 21.5 Å². The Bertz CT molecular complexity index is 661. The van der Waals surface area contributed by atoms with E-state index >= 15 is 0 Å². The molecule has 2 fully saturated rings. The number of aromatic nitrogens is 3. The summed E-state index contributed by atoms with van der Waals surface area (Å²) in [5.41, 5.74) is 0.634. The summed E-state index contributed by atoms with van der Waals surface area (Å²) in [5, 5.41) is 11.4. The highest BCUT2D eigenvalue weighted by Crippen LogP contribution is 2.60. The number of rotatable bonds is 8. The zero-order chi connectivity index (χ0) is 18.8. The van der Waals surface area contributed by atoms with Crippen molar-refractivity contribution in [1.82, 2.24) is 25.2 Å². The van der Waals surface area contributed by atoms with Gasteiger partial charge in [-0.15, -0.1) is 5.10 Å². The average molecular weight is 361 g/mol. The van der Waals surface area contributed by atoms with Crippen molar-refractivity contribution in [1.29, 1.82) is 0 Å². The third-order valence-electron chi connectivity index (χ3n) is 6.23. The normalized spacial score (nSPS) is 26.9. The largest absolute Gasteiger partial charge is 0.356 e. The van der Waals surface area contributed by atoms with Crippen molar-refractivity contribution in [2.24, 2.45) is 5.41 Å². The topological polar surface area (TPSA) is 80.1 Å². The Kier molecular flexibility index (Phi) is 5.34. The average Bonchev–Trinajstić information content (AvgIpc) is 3.33. The summed E-state index contributed by atoms with van der Waals surface area (Å²) in [6.45, 7) is 5.09. The van der Waals surface area contributed by atoms with Crippen molar-refractivity contribution in [3.8, 4) is 0 Å². The molecule has 3 rings (SSSR count). The molecular weight excluding hydrogens is 330 g/mol. The molecule has 0 spiro atoms. The fraction of sp³-hybridized carbons (Fsp3) is 0.789. The lowest BCUT2D eigenvalue weighted by Crippen LogP contribution is -2.40. The van der Waals surface area contributed by atoms with Crippen LogP contribution in [0.2, 0.25) is 0 Å². The van der Waals surface area contributed by atoms with Crippen LogP contribution in [0, 0.1) is 5.41 Å². The lowest BCUT2D eigenvalue weighted by atomic mass is 9.82. The van der Waals surface area contributed by atoms with Gasteiger partial charge in [0, 0.05) is 39.7 Å². The maximum absolute atomic E-state index is 13.1. The minimum absolute atomic E-state index is 0.0296. The SMILES string of the molecule is CCCCN(C)C(=O)C12CCC(n3cc(CCNC(C)=O)nn3)(CC1)C2. The molecule has 2 bridgehead atoms. The molecule has 1 heterocycles. The Morgan fingerprint density at radius 1 is 1.31 bits per heavy atom. The quantitative estimate of drug-likeness (QED) is 0.767. The van der Waals surface area contributed by atoms with E-state index in [1.54, 1.807) is 0 Å². The van der Waals surface area contributed by atoms with Crippen LogP contribution in [0.5, 0.6) is 0 Å². The first-order valence-electron chi connectivity index (χ1n) is 9.82. The molecule has 1 N–H and O–H groups in total. The molecule has 2 aliphatic carbocycles. The molecule has 144 valence electrons. The van der Waals surface area contributed by atoms with Crippen LogP contribution in [0.25, 0.3) is 0 Å². The summed E-state index contributed by atoms with van der Waals surface area (Å²) in [4.78, 5) is 26.0. The zero-order valence-corrected chi connectivity index (χ0v) is 16.3. The van der Waals surface area contributed by atoms with Crippen LogP contribution in [-0.4, -0.2) is 51.8 Å². The molecule has 0 atom stereocenters. The number of hydrogen-bond donors (Lipinski definition) is 1. The highest BCUT2D eigenvalue weighted by Gasteiger charge is 2.60. The summed E-state index contributed by atoms with van der Waals surface area (Å²) in [7, 11) is 1.95. The second-order valence-electron chi connectivity index (χ2n) is 8.15. The third kappa shape index (κ3) is 3.48. The minimum Gasteiger partial charge on any atom is -0.356 e. The van der Waals surface area contributed by atoms with Gasteiger partial charge in [0.25, 0.3) is 0 Å². The summed E-state index contributed by atoms with van der Waals surface area (Å²) >= 11 is 0. The van der Waals surface area contributed by atoms with Gasteiger partial charge in [-0.2, -0.15) is 0 Å². The first kappa shape index (κ1) is 18.9. The van der Waals surface area contributed by atoms with Crippen LogP contribution in [0.1, 0.15) is 64.5 Å². The predicted molar refractivity (Wildman–Crippen MR) is 98.4 cm³/mol. The van der Waals surface area contributed by atoms with Gasteiger partial charge in [0.05, 0.1) is 16.6 Å². The van der Waals surface area contributed by atoms with Crippen LogP contribution in [0.4, 0.5) is 0 Å². The number of fused-ring (bicyclic) bond motifs is 2. The van der Waals surface area contributed by atoms with E-state index in [0.29, 0.717) is 18.9 Å². The Labute approximate surface area is 155 Å². The van der Waals surface area contributed by atoms with E-state index in [2.05, 4.69) is 22.6 Å². The van der Waals surface area contributed by atoms with Gasteiger partial charge in [-0.05, 0) is 38.5 Å². The van der Waals surface area contributed by atoms with Gasteiger partial charge in [0.2, 0.25) is 11.8 Å². The first-order chi connectivity index (χ1) is 12.4. The first-order valence-corrected chi connectivity index (χ1v) is 9.82. The molecule has 0 radical (unpaired) electrons. The van der Waals surface area contributed by atoms with E-state index < -0.39 is 0 Å². The zero-order valence-electron chi connectivity index (χ0n) is 16.3. The number of unbranched alkanes of at least 4 members (excludes halogenated alkanes) is 1. The summed E-state index contributed by atoms with van der Waals surface area (Å²) in [6.07, 6.45) is 9.62. The molecule has 26 heavy (non-hydrogen) atoms. The molecule has 7 heteroatoms. The minimum atomic E-state index is -0.204. The number of nitrogens with zero attached hydrogens (tertiary/aromatic N) is 4. The van der Waals surface area contributed by atoms with E-state index in [4.69, 9.17) is 0 Å². The van der Waals surface area contributed by atoms with E-state index in [-0.39, 0.29) is 16.9 Å². The smallest absolute Gasteiger partial charge is 0.228 e. The number of amides is 2. The molecule has 7 nitrogen and oxygen atoms in total. The van der Waals surface area contributed by atoms with Crippen LogP contribution in [0.15, 0.2) is 6.20 Å². The highest BCUT2D eigenvalue weighted by molar-refractivity contribution is 5.83.